The molecule has 1 N–H and O–H groups in total. The summed E-state index contributed by atoms with van der Waals surface area (Å²) < 4.78 is 0. The monoisotopic (exact) mass is 212 g/mol. The molecular formula is C11H20N2S. The van der Waals surface area contributed by atoms with Gasteiger partial charge in [0.2, 0.25) is 0 Å². The Kier molecular flexibility index (Phi) is 4.55. The standard InChI is InChI=1S/C11H20N2S/c1-5-9-7-14-11(13-9)8(3)10(6-2)12-4/h7-8,10,12H,5-6H2,1-4H3. The first-order valence-corrected chi connectivity index (χ1v) is 6.22. The number of nitrogens with one attached hydrogen (secondary N) is 1. The van der Waals surface area contributed by atoms with Crippen molar-refractivity contribution in [2.45, 2.75) is 45.6 Å². The van der Waals surface area contributed by atoms with Crippen LogP contribution in [0.4, 0.5) is 0 Å². The SMILES string of the molecule is CCc1csc(C(C)C(CC)NC)n1. The van der Waals surface area contributed by atoms with E-state index in [9.17, 15) is 0 Å². The molecule has 1 aromatic rings. The molecule has 1 heterocycles. The maximum atomic E-state index is 4.62. The molecule has 0 aliphatic heterocycles. The van der Waals surface area contributed by atoms with Gasteiger partial charge in [-0.3, -0.25) is 0 Å². The van der Waals surface area contributed by atoms with Gasteiger partial charge in [-0.1, -0.05) is 20.8 Å². The minimum atomic E-state index is 0.523. The van der Waals surface area contributed by atoms with Crippen LogP contribution in [-0.4, -0.2) is 18.1 Å². The van der Waals surface area contributed by atoms with Crippen LogP contribution in [0.1, 0.15) is 43.8 Å². The van der Waals surface area contributed by atoms with E-state index >= 15 is 0 Å². The van der Waals surface area contributed by atoms with Crippen molar-refractivity contribution in [3.05, 3.63) is 16.1 Å². The predicted molar refractivity (Wildman–Crippen MR) is 63.0 cm³/mol. The van der Waals surface area contributed by atoms with Crippen LogP contribution in [0, 0.1) is 0 Å². The minimum absolute atomic E-state index is 0.523. The number of thiazole rings is 1. The normalized spacial score (nSPS) is 15.4. The summed E-state index contributed by atoms with van der Waals surface area (Å²) in [5.74, 6) is 0.523. The molecule has 0 amide bonds. The second-order valence-electron chi connectivity index (χ2n) is 3.62. The van der Waals surface area contributed by atoms with E-state index in [1.807, 2.05) is 7.05 Å². The molecule has 2 unspecified atom stereocenters. The van der Waals surface area contributed by atoms with Gasteiger partial charge >= 0.3 is 0 Å². The highest BCUT2D eigenvalue weighted by Gasteiger charge is 2.18. The first-order chi connectivity index (χ1) is 6.72. The van der Waals surface area contributed by atoms with Crippen LogP contribution < -0.4 is 5.32 Å². The summed E-state index contributed by atoms with van der Waals surface area (Å²) >= 11 is 1.79. The molecule has 1 aromatic heterocycles. The van der Waals surface area contributed by atoms with E-state index in [1.165, 1.54) is 10.7 Å². The summed E-state index contributed by atoms with van der Waals surface area (Å²) in [6.45, 7) is 6.62. The van der Waals surface area contributed by atoms with E-state index in [0.29, 0.717) is 12.0 Å². The van der Waals surface area contributed by atoms with Crippen LogP contribution in [-0.2, 0) is 6.42 Å². The zero-order valence-corrected chi connectivity index (χ0v) is 10.3. The van der Waals surface area contributed by atoms with Crippen molar-refractivity contribution in [1.29, 1.82) is 0 Å². The van der Waals surface area contributed by atoms with Crippen LogP contribution in [0.15, 0.2) is 5.38 Å². The van der Waals surface area contributed by atoms with E-state index in [4.69, 9.17) is 0 Å². The number of rotatable bonds is 5. The first-order valence-electron chi connectivity index (χ1n) is 5.34. The summed E-state index contributed by atoms with van der Waals surface area (Å²) in [5, 5.41) is 6.79. The van der Waals surface area contributed by atoms with Crippen LogP contribution >= 0.6 is 11.3 Å². The fourth-order valence-corrected chi connectivity index (χ4v) is 2.70. The number of nitrogens with zero attached hydrogens (tertiary/aromatic N) is 1. The van der Waals surface area contributed by atoms with Gasteiger partial charge in [0, 0.05) is 17.3 Å². The van der Waals surface area contributed by atoms with E-state index in [-0.39, 0.29) is 0 Å². The van der Waals surface area contributed by atoms with Crippen molar-refractivity contribution in [3.63, 3.8) is 0 Å². The summed E-state index contributed by atoms with van der Waals surface area (Å²) in [4.78, 5) is 4.62. The largest absolute Gasteiger partial charge is 0.316 e. The average Bonchev–Trinajstić information content (AvgIpc) is 2.67. The van der Waals surface area contributed by atoms with Gasteiger partial charge in [-0.05, 0) is 19.9 Å². The zero-order chi connectivity index (χ0) is 10.6. The highest BCUT2D eigenvalue weighted by Crippen LogP contribution is 2.24. The zero-order valence-electron chi connectivity index (χ0n) is 9.50. The van der Waals surface area contributed by atoms with Crippen molar-refractivity contribution in [3.8, 4) is 0 Å². The lowest BCUT2D eigenvalue weighted by Crippen LogP contribution is -2.29. The van der Waals surface area contributed by atoms with Gasteiger partial charge in [0.1, 0.15) is 0 Å². The molecule has 0 fully saturated rings. The van der Waals surface area contributed by atoms with Gasteiger partial charge in [0.05, 0.1) is 10.7 Å². The smallest absolute Gasteiger partial charge is 0.0972 e. The fraction of sp³-hybridized carbons (Fsp3) is 0.727. The van der Waals surface area contributed by atoms with Gasteiger partial charge in [0.15, 0.2) is 0 Å². The molecule has 14 heavy (non-hydrogen) atoms. The van der Waals surface area contributed by atoms with Gasteiger partial charge in [-0.15, -0.1) is 11.3 Å². The quantitative estimate of drug-likeness (QED) is 0.812. The molecule has 0 spiro atoms. The first kappa shape index (κ1) is 11.7. The number of likely N-dealkylation sites (N-methyl/N-ethyl adjacent to an activating group) is 1. The highest BCUT2D eigenvalue weighted by atomic mass is 32.1. The molecule has 2 nitrogen and oxygen atoms in total. The van der Waals surface area contributed by atoms with Gasteiger partial charge in [0.25, 0.3) is 0 Å². The third-order valence-corrected chi connectivity index (χ3v) is 3.83. The van der Waals surface area contributed by atoms with Gasteiger partial charge in [-0.2, -0.15) is 0 Å². The van der Waals surface area contributed by atoms with Crippen molar-refractivity contribution >= 4 is 11.3 Å². The molecule has 1 rings (SSSR count). The topological polar surface area (TPSA) is 24.9 Å². The van der Waals surface area contributed by atoms with E-state index in [1.54, 1.807) is 11.3 Å². The maximum Gasteiger partial charge on any atom is 0.0972 e. The third kappa shape index (κ3) is 2.55. The molecule has 0 bridgehead atoms. The molecule has 0 aliphatic carbocycles. The number of aryl methyl sites for hydroxylation is 1. The van der Waals surface area contributed by atoms with Crippen LogP contribution in [0.3, 0.4) is 0 Å². The van der Waals surface area contributed by atoms with Crippen LogP contribution in [0.2, 0.25) is 0 Å². The molecule has 0 aromatic carbocycles. The summed E-state index contributed by atoms with van der Waals surface area (Å²) in [7, 11) is 2.03. The Hall–Kier alpha value is -0.410. The van der Waals surface area contributed by atoms with Crippen molar-refractivity contribution in [2.75, 3.05) is 7.05 Å². The molecule has 0 saturated heterocycles. The van der Waals surface area contributed by atoms with Gasteiger partial charge < -0.3 is 5.32 Å². The Morgan fingerprint density at radius 2 is 2.21 bits per heavy atom. The Bertz CT molecular complexity index is 266. The number of hydrogen-bond donors (Lipinski definition) is 1. The van der Waals surface area contributed by atoms with E-state index < -0.39 is 0 Å². The molecule has 3 heteroatoms. The molecule has 0 radical (unpaired) electrons. The second kappa shape index (κ2) is 5.47. The van der Waals surface area contributed by atoms with Crippen molar-refractivity contribution in [2.24, 2.45) is 0 Å². The number of aromatic nitrogens is 1. The number of hydrogen-bond acceptors (Lipinski definition) is 3. The molecule has 0 aliphatic rings. The molecular weight excluding hydrogens is 192 g/mol. The average molecular weight is 212 g/mol. The fourth-order valence-electron chi connectivity index (χ4n) is 1.67. The Balaban J connectivity index is 2.72. The Morgan fingerprint density at radius 1 is 1.50 bits per heavy atom. The maximum absolute atomic E-state index is 4.62. The summed E-state index contributed by atoms with van der Waals surface area (Å²) in [6.07, 6.45) is 2.19. The Morgan fingerprint density at radius 3 is 2.64 bits per heavy atom. The highest BCUT2D eigenvalue weighted by molar-refractivity contribution is 7.09. The molecule has 2 atom stereocenters. The van der Waals surface area contributed by atoms with Gasteiger partial charge in [-0.25, -0.2) is 4.98 Å². The van der Waals surface area contributed by atoms with Crippen molar-refractivity contribution < 1.29 is 0 Å². The molecule has 80 valence electrons. The molecule has 0 saturated carbocycles. The lowest BCUT2D eigenvalue weighted by atomic mass is 10.0. The second-order valence-corrected chi connectivity index (χ2v) is 4.51. The van der Waals surface area contributed by atoms with Crippen LogP contribution in [0.5, 0.6) is 0 Å². The van der Waals surface area contributed by atoms with E-state index in [0.717, 1.165) is 12.8 Å². The third-order valence-electron chi connectivity index (χ3n) is 2.74. The summed E-state index contributed by atoms with van der Waals surface area (Å²) in [5.41, 5.74) is 1.22. The summed E-state index contributed by atoms with van der Waals surface area (Å²) in [6, 6.07) is 0.547. The Labute approximate surface area is 90.8 Å². The van der Waals surface area contributed by atoms with E-state index in [2.05, 4.69) is 36.5 Å². The van der Waals surface area contributed by atoms with Crippen LogP contribution in [0.25, 0.3) is 0 Å². The van der Waals surface area contributed by atoms with Crippen molar-refractivity contribution in [1.82, 2.24) is 10.3 Å². The lowest BCUT2D eigenvalue weighted by molar-refractivity contribution is 0.471. The minimum Gasteiger partial charge on any atom is -0.316 e. The lowest BCUT2D eigenvalue weighted by Gasteiger charge is -2.19. The predicted octanol–water partition coefficient (Wildman–Crippen LogP) is 2.81.